The molecule has 4 nitrogen and oxygen atoms in total. The SMILES string of the molecule is CN1CCC(CCN(C)C2CCC(C(=O)O)CC2)C1. The van der Waals surface area contributed by atoms with E-state index in [0.717, 1.165) is 31.6 Å². The first-order chi connectivity index (χ1) is 9.06. The molecule has 1 aliphatic heterocycles. The third-order valence-corrected chi connectivity index (χ3v) is 5.05. The predicted octanol–water partition coefficient (Wildman–Crippen LogP) is 1.90. The summed E-state index contributed by atoms with van der Waals surface area (Å²) in [6.45, 7) is 3.67. The van der Waals surface area contributed by atoms with E-state index in [1.54, 1.807) is 0 Å². The minimum atomic E-state index is -0.602. The fourth-order valence-corrected chi connectivity index (χ4v) is 3.59. The highest BCUT2D eigenvalue weighted by Gasteiger charge is 2.28. The van der Waals surface area contributed by atoms with Gasteiger partial charge in [0.05, 0.1) is 5.92 Å². The van der Waals surface area contributed by atoms with Crippen LogP contribution in [0.15, 0.2) is 0 Å². The van der Waals surface area contributed by atoms with Crippen molar-refractivity contribution in [2.45, 2.75) is 44.6 Å². The van der Waals surface area contributed by atoms with Crippen LogP contribution in [-0.2, 0) is 4.79 Å². The summed E-state index contributed by atoms with van der Waals surface area (Å²) in [4.78, 5) is 15.8. The van der Waals surface area contributed by atoms with E-state index in [-0.39, 0.29) is 5.92 Å². The maximum Gasteiger partial charge on any atom is 0.306 e. The van der Waals surface area contributed by atoms with Crippen molar-refractivity contribution in [2.24, 2.45) is 11.8 Å². The van der Waals surface area contributed by atoms with Crippen LogP contribution in [-0.4, -0.2) is 60.6 Å². The molecule has 2 aliphatic rings. The van der Waals surface area contributed by atoms with Crippen LogP contribution in [0.5, 0.6) is 0 Å². The topological polar surface area (TPSA) is 43.8 Å². The third-order valence-electron chi connectivity index (χ3n) is 5.05. The lowest BCUT2D eigenvalue weighted by atomic mass is 9.85. The zero-order valence-electron chi connectivity index (χ0n) is 12.3. The number of carbonyl (C=O) groups is 1. The van der Waals surface area contributed by atoms with Crippen molar-refractivity contribution in [1.82, 2.24) is 9.80 Å². The molecule has 19 heavy (non-hydrogen) atoms. The van der Waals surface area contributed by atoms with E-state index >= 15 is 0 Å². The second kappa shape index (κ2) is 6.71. The summed E-state index contributed by atoms with van der Waals surface area (Å²) in [6.07, 6.45) is 6.46. The van der Waals surface area contributed by atoms with Crippen molar-refractivity contribution in [3.05, 3.63) is 0 Å². The van der Waals surface area contributed by atoms with Crippen molar-refractivity contribution in [2.75, 3.05) is 33.7 Å². The molecule has 1 unspecified atom stereocenters. The Bertz CT molecular complexity index is 301. The largest absolute Gasteiger partial charge is 0.481 e. The van der Waals surface area contributed by atoms with Gasteiger partial charge < -0.3 is 14.9 Å². The smallest absolute Gasteiger partial charge is 0.306 e. The summed E-state index contributed by atoms with van der Waals surface area (Å²) in [5, 5.41) is 9.02. The normalized spacial score (nSPS) is 32.9. The Morgan fingerprint density at radius 1 is 1.26 bits per heavy atom. The minimum absolute atomic E-state index is 0.0897. The molecule has 0 bridgehead atoms. The molecule has 1 saturated heterocycles. The number of hydrogen-bond donors (Lipinski definition) is 1. The number of rotatable bonds is 5. The van der Waals surface area contributed by atoms with Gasteiger partial charge in [-0.2, -0.15) is 0 Å². The van der Waals surface area contributed by atoms with Crippen molar-refractivity contribution >= 4 is 5.97 Å². The number of likely N-dealkylation sites (tertiary alicyclic amines) is 1. The van der Waals surface area contributed by atoms with E-state index in [9.17, 15) is 4.79 Å². The molecular weight excluding hydrogens is 240 g/mol. The van der Waals surface area contributed by atoms with Crippen LogP contribution in [0, 0.1) is 11.8 Å². The highest BCUT2D eigenvalue weighted by Crippen LogP contribution is 2.28. The Morgan fingerprint density at radius 3 is 2.47 bits per heavy atom. The van der Waals surface area contributed by atoms with Crippen LogP contribution in [0.4, 0.5) is 0 Å². The number of nitrogens with zero attached hydrogens (tertiary/aromatic N) is 2. The zero-order chi connectivity index (χ0) is 13.8. The first-order valence-electron chi connectivity index (χ1n) is 7.68. The fraction of sp³-hybridized carbons (Fsp3) is 0.933. The highest BCUT2D eigenvalue weighted by atomic mass is 16.4. The molecule has 0 radical (unpaired) electrons. The number of carboxylic acids is 1. The second-order valence-electron chi connectivity index (χ2n) is 6.53. The van der Waals surface area contributed by atoms with Gasteiger partial charge in [0.25, 0.3) is 0 Å². The number of hydrogen-bond acceptors (Lipinski definition) is 3. The Balaban J connectivity index is 1.66. The molecule has 4 heteroatoms. The average molecular weight is 268 g/mol. The Morgan fingerprint density at radius 2 is 1.95 bits per heavy atom. The van der Waals surface area contributed by atoms with Crippen LogP contribution in [0.25, 0.3) is 0 Å². The van der Waals surface area contributed by atoms with Crippen LogP contribution < -0.4 is 0 Å². The number of carboxylic acid groups (broad SMARTS) is 1. The molecule has 2 rings (SSSR count). The van der Waals surface area contributed by atoms with Gasteiger partial charge in [-0.05, 0) is 71.6 Å². The standard InChI is InChI=1S/C15H28N2O2/c1-16-9-7-12(11-16)8-10-17(2)14-5-3-13(4-6-14)15(18)19/h12-14H,3-11H2,1-2H3,(H,18,19). The molecule has 1 N–H and O–H groups in total. The van der Waals surface area contributed by atoms with Gasteiger partial charge >= 0.3 is 5.97 Å². The van der Waals surface area contributed by atoms with Crippen molar-refractivity contribution in [3.63, 3.8) is 0 Å². The maximum absolute atomic E-state index is 10.9. The molecule has 1 atom stereocenters. The Hall–Kier alpha value is -0.610. The van der Waals surface area contributed by atoms with Crippen LogP contribution >= 0.6 is 0 Å². The monoisotopic (exact) mass is 268 g/mol. The van der Waals surface area contributed by atoms with Gasteiger partial charge in [0.15, 0.2) is 0 Å². The lowest BCUT2D eigenvalue weighted by molar-refractivity contribution is -0.143. The predicted molar refractivity (Wildman–Crippen MR) is 76.2 cm³/mol. The van der Waals surface area contributed by atoms with E-state index < -0.39 is 5.97 Å². The van der Waals surface area contributed by atoms with Gasteiger partial charge in [-0.3, -0.25) is 4.79 Å². The van der Waals surface area contributed by atoms with Gasteiger partial charge in [-0.25, -0.2) is 0 Å². The molecule has 0 aromatic carbocycles. The zero-order valence-corrected chi connectivity index (χ0v) is 12.3. The van der Waals surface area contributed by atoms with E-state index in [4.69, 9.17) is 5.11 Å². The second-order valence-corrected chi connectivity index (χ2v) is 6.53. The van der Waals surface area contributed by atoms with Crippen LogP contribution in [0.1, 0.15) is 38.5 Å². The molecular formula is C15H28N2O2. The third kappa shape index (κ3) is 4.18. The van der Waals surface area contributed by atoms with E-state index in [2.05, 4.69) is 23.9 Å². The molecule has 0 amide bonds. The first kappa shape index (κ1) is 14.8. The van der Waals surface area contributed by atoms with Gasteiger partial charge in [0.1, 0.15) is 0 Å². The van der Waals surface area contributed by atoms with Crippen LogP contribution in [0.3, 0.4) is 0 Å². The first-order valence-corrected chi connectivity index (χ1v) is 7.68. The lowest BCUT2D eigenvalue weighted by Crippen LogP contribution is -2.37. The maximum atomic E-state index is 10.9. The van der Waals surface area contributed by atoms with Crippen molar-refractivity contribution < 1.29 is 9.90 Å². The van der Waals surface area contributed by atoms with Crippen LogP contribution in [0.2, 0.25) is 0 Å². The van der Waals surface area contributed by atoms with Gasteiger partial charge in [0.2, 0.25) is 0 Å². The van der Waals surface area contributed by atoms with E-state index in [1.165, 1.54) is 32.5 Å². The molecule has 1 saturated carbocycles. The molecule has 110 valence electrons. The Labute approximate surface area is 116 Å². The molecule has 0 aromatic heterocycles. The highest BCUT2D eigenvalue weighted by molar-refractivity contribution is 5.70. The molecule has 1 heterocycles. The van der Waals surface area contributed by atoms with Gasteiger partial charge in [0, 0.05) is 12.6 Å². The Kier molecular flexibility index (Phi) is 5.22. The molecule has 0 spiro atoms. The summed E-state index contributed by atoms with van der Waals surface area (Å²) in [6, 6.07) is 0.606. The minimum Gasteiger partial charge on any atom is -0.481 e. The summed E-state index contributed by atoms with van der Waals surface area (Å²) in [5.41, 5.74) is 0. The van der Waals surface area contributed by atoms with Gasteiger partial charge in [-0.15, -0.1) is 0 Å². The lowest BCUT2D eigenvalue weighted by Gasteiger charge is -2.33. The molecule has 0 aromatic rings. The summed E-state index contributed by atoms with van der Waals surface area (Å²) in [5.74, 6) is 0.172. The summed E-state index contributed by atoms with van der Waals surface area (Å²) < 4.78 is 0. The van der Waals surface area contributed by atoms with E-state index in [0.29, 0.717) is 6.04 Å². The van der Waals surface area contributed by atoms with Crippen molar-refractivity contribution in [3.8, 4) is 0 Å². The van der Waals surface area contributed by atoms with Crippen molar-refractivity contribution in [1.29, 1.82) is 0 Å². The van der Waals surface area contributed by atoms with Gasteiger partial charge in [-0.1, -0.05) is 0 Å². The summed E-state index contributed by atoms with van der Waals surface area (Å²) >= 11 is 0. The number of aliphatic carboxylic acids is 1. The average Bonchev–Trinajstić information content (AvgIpc) is 2.82. The fourth-order valence-electron chi connectivity index (χ4n) is 3.59. The van der Waals surface area contributed by atoms with E-state index in [1.807, 2.05) is 0 Å². The molecule has 1 aliphatic carbocycles. The quantitative estimate of drug-likeness (QED) is 0.827. The summed E-state index contributed by atoms with van der Waals surface area (Å²) in [7, 11) is 4.42. The molecule has 2 fully saturated rings.